The lowest BCUT2D eigenvalue weighted by Crippen LogP contribution is -2.20. The molecule has 0 atom stereocenters. The first-order valence-electron chi connectivity index (χ1n) is 8.19. The van der Waals surface area contributed by atoms with Gasteiger partial charge in [0.1, 0.15) is 5.75 Å². The Morgan fingerprint density at radius 3 is 2.80 bits per heavy atom. The normalized spacial score (nSPS) is 13.5. The number of rotatable bonds is 4. The number of nitrogens with one attached hydrogen (secondary N) is 2. The number of fused-ring (bicyclic) bond motifs is 1. The minimum Gasteiger partial charge on any atom is -0.497 e. The van der Waals surface area contributed by atoms with Crippen molar-refractivity contribution in [2.45, 2.75) is 18.8 Å². The van der Waals surface area contributed by atoms with Gasteiger partial charge in [0.05, 0.1) is 36.4 Å². The summed E-state index contributed by atoms with van der Waals surface area (Å²) in [5, 5.41) is 6.74. The predicted octanol–water partition coefficient (Wildman–Crippen LogP) is 4.16. The number of nitrogens with zero attached hydrogens (tertiary/aromatic N) is 2. The Hall–Kier alpha value is -3.15. The second kappa shape index (κ2) is 6.39. The molecule has 0 radical (unpaired) electrons. The van der Waals surface area contributed by atoms with Gasteiger partial charge in [-0.2, -0.15) is 0 Å². The minimum absolute atomic E-state index is 0.307. The molecular formula is C19H18N4O2. The molecule has 1 aromatic carbocycles. The maximum Gasteiger partial charge on any atom is 0.323 e. The summed E-state index contributed by atoms with van der Waals surface area (Å²) >= 11 is 0. The van der Waals surface area contributed by atoms with Gasteiger partial charge in [0.25, 0.3) is 0 Å². The van der Waals surface area contributed by atoms with Crippen LogP contribution < -0.4 is 15.4 Å². The number of amides is 2. The van der Waals surface area contributed by atoms with Crippen molar-refractivity contribution in [1.82, 2.24) is 9.97 Å². The van der Waals surface area contributed by atoms with Gasteiger partial charge in [0.2, 0.25) is 0 Å². The number of pyridine rings is 2. The minimum atomic E-state index is -0.307. The van der Waals surface area contributed by atoms with Crippen LogP contribution in [-0.2, 0) is 0 Å². The van der Waals surface area contributed by atoms with Gasteiger partial charge in [0.15, 0.2) is 0 Å². The fourth-order valence-electron chi connectivity index (χ4n) is 2.95. The first kappa shape index (κ1) is 15.4. The van der Waals surface area contributed by atoms with E-state index in [2.05, 4.69) is 20.6 Å². The molecule has 1 saturated carbocycles. The molecule has 0 bridgehead atoms. The van der Waals surface area contributed by atoms with Crippen LogP contribution in [0.1, 0.15) is 24.3 Å². The second-order valence-corrected chi connectivity index (χ2v) is 6.06. The van der Waals surface area contributed by atoms with Crippen molar-refractivity contribution in [3.63, 3.8) is 0 Å². The Balaban J connectivity index is 1.67. The molecule has 2 aromatic heterocycles. The third kappa shape index (κ3) is 3.24. The molecule has 6 heteroatoms. The van der Waals surface area contributed by atoms with E-state index in [-0.39, 0.29) is 6.03 Å². The van der Waals surface area contributed by atoms with Gasteiger partial charge in [-0.05, 0) is 54.7 Å². The quantitative estimate of drug-likeness (QED) is 0.751. The zero-order valence-corrected chi connectivity index (χ0v) is 13.8. The van der Waals surface area contributed by atoms with Gasteiger partial charge in [-0.1, -0.05) is 0 Å². The van der Waals surface area contributed by atoms with Crippen molar-refractivity contribution in [3.8, 4) is 5.75 Å². The fourth-order valence-corrected chi connectivity index (χ4v) is 2.95. The highest BCUT2D eigenvalue weighted by molar-refractivity contribution is 6.02. The number of methoxy groups -OCH3 is 1. The average molecular weight is 334 g/mol. The lowest BCUT2D eigenvalue weighted by Gasteiger charge is -2.14. The maximum absolute atomic E-state index is 12.3. The molecule has 0 aliphatic heterocycles. The smallest absolute Gasteiger partial charge is 0.323 e. The summed E-state index contributed by atoms with van der Waals surface area (Å²) in [4.78, 5) is 20.8. The molecule has 2 heterocycles. The third-order valence-electron chi connectivity index (χ3n) is 4.27. The predicted molar refractivity (Wildman–Crippen MR) is 97.1 cm³/mol. The summed E-state index contributed by atoms with van der Waals surface area (Å²) in [7, 11) is 1.65. The maximum atomic E-state index is 12.3. The Bertz CT molecular complexity index is 923. The largest absolute Gasteiger partial charge is 0.497 e. The van der Waals surface area contributed by atoms with Gasteiger partial charge in [-0.15, -0.1) is 0 Å². The van der Waals surface area contributed by atoms with E-state index in [0.29, 0.717) is 11.6 Å². The topological polar surface area (TPSA) is 76.1 Å². The molecule has 1 aliphatic carbocycles. The number of benzene rings is 1. The first-order chi connectivity index (χ1) is 12.2. The van der Waals surface area contributed by atoms with E-state index in [1.54, 1.807) is 37.8 Å². The molecular weight excluding hydrogens is 316 g/mol. The van der Waals surface area contributed by atoms with Crippen LogP contribution in [0.4, 0.5) is 16.2 Å². The van der Waals surface area contributed by atoms with E-state index in [1.807, 2.05) is 18.2 Å². The Kier molecular flexibility index (Phi) is 3.93. The standard InChI is InChI=1S/C19H18N4O2/c1-25-14-6-7-16-15(9-14)18(12-4-5-12)17(11-21-16)23-19(24)22-13-3-2-8-20-10-13/h2-3,6-12H,4-5H2,1H3,(H2,22,23,24). The van der Waals surface area contributed by atoms with Crippen LogP contribution in [0.15, 0.2) is 48.9 Å². The van der Waals surface area contributed by atoms with Crippen LogP contribution in [-0.4, -0.2) is 23.1 Å². The van der Waals surface area contributed by atoms with Crippen LogP contribution in [0.3, 0.4) is 0 Å². The van der Waals surface area contributed by atoms with E-state index in [1.165, 1.54) is 0 Å². The lowest BCUT2D eigenvalue weighted by molar-refractivity contribution is 0.262. The highest BCUT2D eigenvalue weighted by atomic mass is 16.5. The molecule has 0 unspecified atom stereocenters. The van der Waals surface area contributed by atoms with Gasteiger partial charge in [-0.25, -0.2) is 4.79 Å². The molecule has 25 heavy (non-hydrogen) atoms. The molecule has 2 N–H and O–H groups in total. The van der Waals surface area contributed by atoms with Gasteiger partial charge in [-0.3, -0.25) is 9.97 Å². The van der Waals surface area contributed by atoms with Crippen LogP contribution >= 0.6 is 0 Å². The number of ether oxygens (including phenoxy) is 1. The number of carbonyl (C=O) groups excluding carboxylic acids is 1. The molecule has 0 spiro atoms. The average Bonchev–Trinajstić information content (AvgIpc) is 3.46. The van der Waals surface area contributed by atoms with Crippen LogP contribution in [0, 0.1) is 0 Å². The zero-order chi connectivity index (χ0) is 17.2. The first-order valence-corrected chi connectivity index (χ1v) is 8.19. The van der Waals surface area contributed by atoms with Crippen molar-refractivity contribution < 1.29 is 9.53 Å². The molecule has 4 rings (SSSR count). The number of urea groups is 1. The summed E-state index contributed by atoms with van der Waals surface area (Å²) in [6, 6.07) is 9.08. The number of carbonyl (C=O) groups is 1. The summed E-state index contributed by atoms with van der Waals surface area (Å²) in [5.41, 5.74) is 3.42. The van der Waals surface area contributed by atoms with Crippen molar-refractivity contribution in [3.05, 3.63) is 54.5 Å². The summed E-state index contributed by atoms with van der Waals surface area (Å²) in [6.07, 6.45) is 7.23. The number of hydrogen-bond acceptors (Lipinski definition) is 4. The fraction of sp³-hybridized carbons (Fsp3) is 0.211. The summed E-state index contributed by atoms with van der Waals surface area (Å²) < 4.78 is 5.34. The molecule has 3 aromatic rings. The second-order valence-electron chi connectivity index (χ2n) is 6.06. The van der Waals surface area contributed by atoms with Crippen LogP contribution in [0.5, 0.6) is 5.75 Å². The molecule has 126 valence electrons. The Morgan fingerprint density at radius 1 is 1.20 bits per heavy atom. The third-order valence-corrected chi connectivity index (χ3v) is 4.27. The zero-order valence-electron chi connectivity index (χ0n) is 13.8. The monoisotopic (exact) mass is 334 g/mol. The Morgan fingerprint density at radius 2 is 2.08 bits per heavy atom. The van der Waals surface area contributed by atoms with Crippen LogP contribution in [0.25, 0.3) is 10.9 Å². The SMILES string of the molecule is COc1ccc2ncc(NC(=O)Nc3cccnc3)c(C3CC3)c2c1. The van der Waals surface area contributed by atoms with Gasteiger partial charge >= 0.3 is 6.03 Å². The van der Waals surface area contributed by atoms with Crippen molar-refractivity contribution in [2.24, 2.45) is 0 Å². The van der Waals surface area contributed by atoms with Gasteiger partial charge < -0.3 is 15.4 Å². The summed E-state index contributed by atoms with van der Waals surface area (Å²) in [5.74, 6) is 1.24. The van der Waals surface area contributed by atoms with E-state index in [0.717, 1.165) is 40.7 Å². The lowest BCUT2D eigenvalue weighted by atomic mass is 10.0. The number of hydrogen-bond donors (Lipinski definition) is 2. The molecule has 6 nitrogen and oxygen atoms in total. The highest BCUT2D eigenvalue weighted by Crippen LogP contribution is 2.46. The molecule has 2 amide bonds. The van der Waals surface area contributed by atoms with E-state index < -0.39 is 0 Å². The van der Waals surface area contributed by atoms with Crippen molar-refractivity contribution in [1.29, 1.82) is 0 Å². The molecule has 1 fully saturated rings. The van der Waals surface area contributed by atoms with Crippen LogP contribution in [0.2, 0.25) is 0 Å². The number of anilines is 2. The van der Waals surface area contributed by atoms with Gasteiger partial charge in [0, 0.05) is 11.6 Å². The summed E-state index contributed by atoms with van der Waals surface area (Å²) in [6.45, 7) is 0. The molecule has 0 saturated heterocycles. The Labute approximate surface area is 145 Å². The van der Waals surface area contributed by atoms with E-state index in [9.17, 15) is 4.79 Å². The van der Waals surface area contributed by atoms with Crippen molar-refractivity contribution >= 4 is 28.3 Å². The molecule has 1 aliphatic rings. The van der Waals surface area contributed by atoms with E-state index in [4.69, 9.17) is 4.74 Å². The van der Waals surface area contributed by atoms with Crippen molar-refractivity contribution in [2.75, 3.05) is 17.7 Å². The highest BCUT2D eigenvalue weighted by Gasteiger charge is 2.29. The van der Waals surface area contributed by atoms with E-state index >= 15 is 0 Å². The number of aromatic nitrogens is 2.